The Hall–Kier alpha value is -1.07. The zero-order chi connectivity index (χ0) is 13.8. The van der Waals surface area contributed by atoms with Crippen LogP contribution in [0.25, 0.3) is 0 Å². The average Bonchev–Trinajstić information content (AvgIpc) is 2.34. The molecule has 4 nitrogen and oxygen atoms in total. The van der Waals surface area contributed by atoms with E-state index in [0.717, 1.165) is 6.42 Å². The first-order valence-corrected chi connectivity index (χ1v) is 8.05. The van der Waals surface area contributed by atoms with Crippen molar-refractivity contribution in [1.29, 1.82) is 0 Å². The van der Waals surface area contributed by atoms with E-state index in [-0.39, 0.29) is 16.4 Å². The zero-order valence-electron chi connectivity index (χ0n) is 10.4. The summed E-state index contributed by atoms with van der Waals surface area (Å²) in [6.07, 6.45) is 0.815. The van der Waals surface area contributed by atoms with Crippen molar-refractivity contribution in [2.45, 2.75) is 25.2 Å². The molecule has 100 valence electrons. The Morgan fingerprint density at radius 2 is 1.89 bits per heavy atom. The van der Waals surface area contributed by atoms with Crippen molar-refractivity contribution < 1.29 is 13.2 Å². The summed E-state index contributed by atoms with van der Waals surface area (Å²) in [7, 11) is 1.42. The van der Waals surface area contributed by atoms with Gasteiger partial charge >= 0.3 is 0 Å². The third kappa shape index (κ3) is 3.46. The third-order valence-corrected chi connectivity index (χ3v) is 3.92. The number of benzene rings is 1. The summed E-state index contributed by atoms with van der Waals surface area (Å²) in [4.78, 5) is 13.7. The Balaban J connectivity index is 3.21. The molecule has 18 heavy (non-hydrogen) atoms. The molecule has 0 aliphatic carbocycles. The molecule has 0 aliphatic rings. The van der Waals surface area contributed by atoms with Gasteiger partial charge in [0.2, 0.25) is 0 Å². The molecule has 0 bridgehead atoms. The van der Waals surface area contributed by atoms with Crippen molar-refractivity contribution in [1.82, 2.24) is 4.90 Å². The topological polar surface area (TPSA) is 54.5 Å². The van der Waals surface area contributed by atoms with Crippen LogP contribution in [0.4, 0.5) is 0 Å². The van der Waals surface area contributed by atoms with Gasteiger partial charge in [0.25, 0.3) is 15.0 Å². The molecular weight excluding hydrogens is 274 g/mol. The van der Waals surface area contributed by atoms with Gasteiger partial charge in [0, 0.05) is 23.8 Å². The van der Waals surface area contributed by atoms with Gasteiger partial charge in [0.1, 0.15) is 0 Å². The van der Waals surface area contributed by atoms with E-state index in [2.05, 4.69) is 0 Å². The third-order valence-electron chi connectivity index (χ3n) is 2.54. The number of hydrogen-bond donors (Lipinski definition) is 0. The van der Waals surface area contributed by atoms with Crippen LogP contribution < -0.4 is 0 Å². The molecule has 0 N–H and O–H groups in total. The Morgan fingerprint density at radius 3 is 2.39 bits per heavy atom. The minimum atomic E-state index is -3.91. The van der Waals surface area contributed by atoms with Crippen molar-refractivity contribution in [3.63, 3.8) is 0 Å². The second-order valence-corrected chi connectivity index (χ2v) is 6.35. The van der Waals surface area contributed by atoms with E-state index in [4.69, 9.17) is 10.7 Å². The first-order chi connectivity index (χ1) is 8.41. The molecule has 0 aromatic heterocycles. The van der Waals surface area contributed by atoms with Gasteiger partial charge in [-0.25, -0.2) is 8.42 Å². The van der Waals surface area contributed by atoms with Crippen LogP contribution in [-0.4, -0.2) is 32.3 Å². The molecule has 1 aromatic rings. The Labute approximate surface area is 112 Å². The second kappa shape index (κ2) is 6.20. The van der Waals surface area contributed by atoms with E-state index in [1.54, 1.807) is 17.0 Å². The molecule has 0 atom stereocenters. The van der Waals surface area contributed by atoms with E-state index >= 15 is 0 Å². The fraction of sp³-hybridized carbons (Fsp3) is 0.417. The number of carbonyl (C=O) groups excluding carboxylic acids is 1. The van der Waals surface area contributed by atoms with E-state index in [0.29, 0.717) is 13.1 Å². The Morgan fingerprint density at radius 1 is 1.28 bits per heavy atom. The second-order valence-electron chi connectivity index (χ2n) is 3.82. The summed E-state index contributed by atoms with van der Waals surface area (Å²) >= 11 is 0. The molecule has 1 amide bonds. The van der Waals surface area contributed by atoms with Crippen LogP contribution in [-0.2, 0) is 9.05 Å². The van der Waals surface area contributed by atoms with Crippen molar-refractivity contribution in [2.75, 3.05) is 13.1 Å². The van der Waals surface area contributed by atoms with Crippen molar-refractivity contribution >= 4 is 25.6 Å². The van der Waals surface area contributed by atoms with Crippen molar-refractivity contribution in [2.24, 2.45) is 0 Å². The molecule has 0 radical (unpaired) electrons. The number of rotatable bonds is 5. The largest absolute Gasteiger partial charge is 0.339 e. The maximum absolute atomic E-state index is 12.2. The minimum absolute atomic E-state index is 0.128. The lowest BCUT2D eigenvalue weighted by molar-refractivity contribution is 0.0760. The normalized spacial score (nSPS) is 11.3. The number of hydrogen-bond acceptors (Lipinski definition) is 3. The first kappa shape index (κ1) is 15.0. The number of amides is 1. The van der Waals surface area contributed by atoms with E-state index in [1.165, 1.54) is 12.1 Å². The van der Waals surface area contributed by atoms with Gasteiger partial charge in [0.15, 0.2) is 0 Å². The summed E-state index contributed by atoms with van der Waals surface area (Å²) in [6, 6.07) is 5.99. The molecular formula is C12H16ClNO3S. The minimum Gasteiger partial charge on any atom is -0.339 e. The zero-order valence-corrected chi connectivity index (χ0v) is 12.0. The fourth-order valence-electron chi connectivity index (χ4n) is 1.70. The quantitative estimate of drug-likeness (QED) is 0.783. The van der Waals surface area contributed by atoms with E-state index in [9.17, 15) is 13.2 Å². The highest BCUT2D eigenvalue weighted by molar-refractivity contribution is 8.13. The summed E-state index contributed by atoms with van der Waals surface area (Å²) in [5, 5.41) is 0. The summed E-state index contributed by atoms with van der Waals surface area (Å²) in [5.74, 6) is -0.306. The molecule has 0 saturated heterocycles. The van der Waals surface area contributed by atoms with Crippen LogP contribution in [0, 0.1) is 0 Å². The monoisotopic (exact) mass is 289 g/mol. The first-order valence-electron chi connectivity index (χ1n) is 5.74. The van der Waals surface area contributed by atoms with Gasteiger partial charge in [-0.1, -0.05) is 19.1 Å². The highest BCUT2D eigenvalue weighted by Gasteiger charge is 2.22. The smallest absolute Gasteiger partial charge is 0.262 e. The van der Waals surface area contributed by atoms with Crippen LogP contribution in [0.3, 0.4) is 0 Å². The molecule has 0 heterocycles. The molecule has 0 unspecified atom stereocenters. The molecule has 0 aliphatic heterocycles. The molecule has 1 aromatic carbocycles. The van der Waals surface area contributed by atoms with Crippen molar-refractivity contribution in [3.05, 3.63) is 29.8 Å². The van der Waals surface area contributed by atoms with Crippen LogP contribution in [0.1, 0.15) is 30.6 Å². The van der Waals surface area contributed by atoms with Gasteiger partial charge in [-0.05, 0) is 25.5 Å². The van der Waals surface area contributed by atoms with Gasteiger partial charge in [-0.3, -0.25) is 4.79 Å². The molecule has 0 fully saturated rings. The average molecular weight is 290 g/mol. The Kier molecular flexibility index (Phi) is 5.16. The molecule has 1 rings (SSSR count). The summed E-state index contributed by atoms with van der Waals surface area (Å²) in [6.45, 7) is 4.93. The maximum Gasteiger partial charge on any atom is 0.262 e. The number of halogens is 1. The predicted octanol–water partition coefficient (Wildman–Crippen LogP) is 2.49. The van der Waals surface area contributed by atoms with E-state index < -0.39 is 9.05 Å². The summed E-state index contributed by atoms with van der Waals surface area (Å²) in [5.41, 5.74) is 0.128. The Bertz CT molecular complexity index is 528. The number of carbonyl (C=O) groups is 1. The SMILES string of the molecule is CCCN(CC)C(=O)c1ccccc1S(=O)(=O)Cl. The van der Waals surface area contributed by atoms with Crippen molar-refractivity contribution in [3.8, 4) is 0 Å². The van der Waals surface area contributed by atoms with Crippen LogP contribution >= 0.6 is 10.7 Å². The lowest BCUT2D eigenvalue weighted by Crippen LogP contribution is -2.32. The van der Waals surface area contributed by atoms with Crippen LogP contribution in [0.2, 0.25) is 0 Å². The highest BCUT2D eigenvalue weighted by Crippen LogP contribution is 2.21. The van der Waals surface area contributed by atoms with Gasteiger partial charge < -0.3 is 4.90 Å². The van der Waals surface area contributed by atoms with Crippen LogP contribution in [0.15, 0.2) is 29.2 Å². The maximum atomic E-state index is 12.2. The van der Waals surface area contributed by atoms with E-state index in [1.807, 2.05) is 13.8 Å². The van der Waals surface area contributed by atoms with Crippen LogP contribution in [0.5, 0.6) is 0 Å². The fourth-order valence-corrected chi connectivity index (χ4v) is 2.76. The standard InChI is InChI=1S/C12H16ClNO3S/c1-3-9-14(4-2)12(15)10-7-5-6-8-11(10)18(13,16)17/h5-8H,3-4,9H2,1-2H3. The summed E-state index contributed by atoms with van der Waals surface area (Å²) < 4.78 is 22.8. The molecule has 0 spiro atoms. The highest BCUT2D eigenvalue weighted by atomic mass is 35.7. The predicted molar refractivity (Wildman–Crippen MR) is 71.3 cm³/mol. The van der Waals surface area contributed by atoms with Gasteiger partial charge in [-0.2, -0.15) is 0 Å². The van der Waals surface area contributed by atoms with Gasteiger partial charge in [-0.15, -0.1) is 0 Å². The lowest BCUT2D eigenvalue weighted by atomic mass is 10.2. The van der Waals surface area contributed by atoms with Gasteiger partial charge in [0.05, 0.1) is 10.5 Å². The lowest BCUT2D eigenvalue weighted by Gasteiger charge is -2.20. The molecule has 6 heteroatoms. The molecule has 0 saturated carbocycles. The number of nitrogens with zero attached hydrogens (tertiary/aromatic N) is 1.